The predicted molar refractivity (Wildman–Crippen MR) is 103 cm³/mol. The summed E-state index contributed by atoms with van der Waals surface area (Å²) >= 11 is 0. The summed E-state index contributed by atoms with van der Waals surface area (Å²) in [7, 11) is 0. The van der Waals surface area contributed by atoms with Crippen molar-refractivity contribution in [2.45, 2.75) is 20.8 Å². The van der Waals surface area contributed by atoms with E-state index in [1.807, 2.05) is 19.9 Å². The van der Waals surface area contributed by atoms with Crippen LogP contribution >= 0.6 is 0 Å². The number of hydrazine groups is 1. The number of fused-ring (bicyclic) bond motifs is 1. The molecule has 9 nitrogen and oxygen atoms in total. The summed E-state index contributed by atoms with van der Waals surface area (Å²) in [5.74, 6) is 0.321. The number of aryl methyl sites for hydroxylation is 3. The van der Waals surface area contributed by atoms with Crippen LogP contribution in [0.4, 0.5) is 0 Å². The van der Waals surface area contributed by atoms with Gasteiger partial charge < -0.3 is 8.94 Å². The highest BCUT2D eigenvalue weighted by atomic mass is 16.5. The number of nitrogens with one attached hydrogen (secondary N) is 2. The van der Waals surface area contributed by atoms with Crippen molar-refractivity contribution in [2.75, 3.05) is 0 Å². The van der Waals surface area contributed by atoms with E-state index >= 15 is 0 Å². The number of aromatic nitrogens is 3. The average Bonchev–Trinajstić information content (AvgIpc) is 3.27. The number of amides is 2. The maximum atomic E-state index is 12.9. The molecule has 0 fully saturated rings. The first-order valence-corrected chi connectivity index (χ1v) is 8.80. The Hall–Kier alpha value is -4.01. The lowest BCUT2D eigenvalue weighted by atomic mass is 10.1. The summed E-state index contributed by atoms with van der Waals surface area (Å²) in [6.07, 6.45) is 1.49. The molecule has 29 heavy (non-hydrogen) atoms. The van der Waals surface area contributed by atoms with Crippen LogP contribution in [0.2, 0.25) is 0 Å². The number of furan rings is 1. The average molecular weight is 391 g/mol. The minimum atomic E-state index is -0.535. The molecule has 0 aliphatic heterocycles. The van der Waals surface area contributed by atoms with Crippen LogP contribution in [0.1, 0.15) is 38.1 Å². The Morgan fingerprint density at radius 3 is 2.52 bits per heavy atom. The Balaban J connectivity index is 1.68. The van der Waals surface area contributed by atoms with Crippen LogP contribution in [0.15, 0.2) is 45.5 Å². The van der Waals surface area contributed by atoms with Gasteiger partial charge in [-0.05, 0) is 45.0 Å². The maximum Gasteiger partial charge on any atom is 0.288 e. The molecule has 0 unspecified atom stereocenters. The highest BCUT2D eigenvalue weighted by molar-refractivity contribution is 6.07. The van der Waals surface area contributed by atoms with E-state index in [-0.39, 0.29) is 17.0 Å². The summed E-state index contributed by atoms with van der Waals surface area (Å²) in [5, 5.41) is 4.37. The van der Waals surface area contributed by atoms with Crippen molar-refractivity contribution in [1.29, 1.82) is 0 Å². The molecular formula is C20H17N5O4. The molecule has 146 valence electrons. The molecule has 2 N–H and O–H groups in total. The fourth-order valence-electron chi connectivity index (χ4n) is 3.04. The monoisotopic (exact) mass is 391 g/mol. The summed E-state index contributed by atoms with van der Waals surface area (Å²) in [6, 6.07) is 8.36. The third kappa shape index (κ3) is 3.45. The van der Waals surface area contributed by atoms with E-state index in [0.29, 0.717) is 22.5 Å². The van der Waals surface area contributed by atoms with Gasteiger partial charge in [0.1, 0.15) is 17.2 Å². The zero-order valence-electron chi connectivity index (χ0n) is 15.9. The number of carbonyl (C=O) groups excluding carboxylic acids is 2. The van der Waals surface area contributed by atoms with Gasteiger partial charge in [-0.3, -0.25) is 25.4 Å². The number of rotatable bonds is 3. The van der Waals surface area contributed by atoms with Crippen molar-refractivity contribution >= 4 is 22.9 Å². The molecule has 0 aromatic carbocycles. The molecule has 0 radical (unpaired) electrons. The fraction of sp³-hybridized carbons (Fsp3) is 0.150. The number of carbonyl (C=O) groups is 2. The molecule has 0 atom stereocenters. The highest BCUT2D eigenvalue weighted by Crippen LogP contribution is 2.30. The minimum Gasteiger partial charge on any atom is -0.466 e. The first-order chi connectivity index (χ1) is 13.9. The summed E-state index contributed by atoms with van der Waals surface area (Å²) in [4.78, 5) is 33.4. The van der Waals surface area contributed by atoms with Gasteiger partial charge in [0.05, 0.1) is 22.3 Å². The predicted octanol–water partition coefficient (Wildman–Crippen LogP) is 2.88. The van der Waals surface area contributed by atoms with Crippen molar-refractivity contribution in [1.82, 2.24) is 26.0 Å². The highest BCUT2D eigenvalue weighted by Gasteiger charge is 2.21. The molecule has 0 saturated heterocycles. The van der Waals surface area contributed by atoms with E-state index < -0.39 is 11.8 Å². The second kappa shape index (κ2) is 7.19. The van der Waals surface area contributed by atoms with Gasteiger partial charge in [0, 0.05) is 11.8 Å². The van der Waals surface area contributed by atoms with Gasteiger partial charge in [0.25, 0.3) is 17.5 Å². The largest absolute Gasteiger partial charge is 0.466 e. The summed E-state index contributed by atoms with van der Waals surface area (Å²) in [5.41, 5.74) is 7.19. The maximum absolute atomic E-state index is 12.9. The zero-order valence-corrected chi connectivity index (χ0v) is 15.9. The Morgan fingerprint density at radius 2 is 1.83 bits per heavy atom. The van der Waals surface area contributed by atoms with Crippen molar-refractivity contribution < 1.29 is 18.5 Å². The number of hydrogen-bond acceptors (Lipinski definition) is 7. The fourth-order valence-corrected chi connectivity index (χ4v) is 3.04. The molecule has 9 heteroatoms. The van der Waals surface area contributed by atoms with Crippen LogP contribution in [0, 0.1) is 20.8 Å². The van der Waals surface area contributed by atoms with Gasteiger partial charge in [-0.25, -0.2) is 4.98 Å². The molecule has 0 aliphatic carbocycles. The number of nitrogens with zero attached hydrogens (tertiary/aromatic N) is 3. The minimum absolute atomic E-state index is 0.180. The Bertz CT molecular complexity index is 1230. The third-order valence-electron chi connectivity index (χ3n) is 4.37. The first-order valence-electron chi connectivity index (χ1n) is 8.80. The Labute approximate surface area is 165 Å². The van der Waals surface area contributed by atoms with E-state index in [1.165, 1.54) is 6.20 Å². The Morgan fingerprint density at radius 1 is 1.03 bits per heavy atom. The zero-order chi connectivity index (χ0) is 20.5. The molecule has 4 heterocycles. The second-order valence-corrected chi connectivity index (χ2v) is 6.45. The van der Waals surface area contributed by atoms with Gasteiger partial charge in [0.15, 0.2) is 0 Å². The van der Waals surface area contributed by atoms with E-state index in [0.717, 1.165) is 11.3 Å². The van der Waals surface area contributed by atoms with Gasteiger partial charge >= 0.3 is 0 Å². The van der Waals surface area contributed by atoms with E-state index in [4.69, 9.17) is 8.94 Å². The molecule has 0 aliphatic rings. The molecule has 4 aromatic heterocycles. The van der Waals surface area contributed by atoms with Crippen molar-refractivity contribution in [3.05, 3.63) is 65.0 Å². The Kier molecular flexibility index (Phi) is 4.55. The van der Waals surface area contributed by atoms with Gasteiger partial charge in [0.2, 0.25) is 0 Å². The molecule has 2 amide bonds. The quantitative estimate of drug-likeness (QED) is 0.515. The van der Waals surface area contributed by atoms with Gasteiger partial charge in [-0.2, -0.15) is 0 Å². The standard InChI is InChI=1S/C20H17N5O4/c1-10-8-13(12(3)28-10)16-9-14(17-11(2)25-29-20(17)22-16)18(26)23-24-19(27)15-6-4-5-7-21-15/h4-9H,1-3H3,(H,23,26)(H,24,27). The van der Waals surface area contributed by atoms with Crippen LogP contribution in [-0.2, 0) is 0 Å². The van der Waals surface area contributed by atoms with Crippen molar-refractivity contribution in [3.8, 4) is 11.3 Å². The smallest absolute Gasteiger partial charge is 0.288 e. The van der Waals surface area contributed by atoms with Gasteiger partial charge in [-0.15, -0.1) is 0 Å². The lowest BCUT2D eigenvalue weighted by Crippen LogP contribution is -2.42. The van der Waals surface area contributed by atoms with Crippen LogP contribution < -0.4 is 10.9 Å². The van der Waals surface area contributed by atoms with Crippen molar-refractivity contribution in [2.24, 2.45) is 0 Å². The SMILES string of the molecule is Cc1cc(-c2cc(C(=O)NNC(=O)c3ccccn3)c3c(C)noc3n2)c(C)o1. The van der Waals surface area contributed by atoms with Crippen LogP contribution in [0.25, 0.3) is 22.4 Å². The summed E-state index contributed by atoms with van der Waals surface area (Å²) < 4.78 is 10.8. The molecule has 0 bridgehead atoms. The number of hydrogen-bond donors (Lipinski definition) is 2. The lowest BCUT2D eigenvalue weighted by Gasteiger charge is -2.09. The van der Waals surface area contributed by atoms with Crippen LogP contribution in [0.3, 0.4) is 0 Å². The molecular weight excluding hydrogens is 374 g/mol. The molecule has 4 aromatic rings. The number of pyridine rings is 2. The molecule has 4 rings (SSSR count). The van der Waals surface area contributed by atoms with E-state index in [9.17, 15) is 9.59 Å². The lowest BCUT2D eigenvalue weighted by molar-refractivity contribution is 0.0845. The topological polar surface area (TPSA) is 123 Å². The first kappa shape index (κ1) is 18.4. The van der Waals surface area contributed by atoms with E-state index in [1.54, 1.807) is 31.2 Å². The normalized spacial score (nSPS) is 10.9. The van der Waals surface area contributed by atoms with Crippen LogP contribution in [-0.4, -0.2) is 26.9 Å². The van der Waals surface area contributed by atoms with Gasteiger partial charge in [-0.1, -0.05) is 11.2 Å². The summed E-state index contributed by atoms with van der Waals surface area (Å²) in [6.45, 7) is 5.35. The second-order valence-electron chi connectivity index (χ2n) is 6.45. The molecule has 0 saturated carbocycles. The van der Waals surface area contributed by atoms with Crippen molar-refractivity contribution in [3.63, 3.8) is 0 Å². The third-order valence-corrected chi connectivity index (χ3v) is 4.37. The molecule has 0 spiro atoms. The van der Waals surface area contributed by atoms with Crippen LogP contribution in [0.5, 0.6) is 0 Å². The van der Waals surface area contributed by atoms with E-state index in [2.05, 4.69) is 26.0 Å².